The molecule has 0 atom stereocenters. The Labute approximate surface area is 95.9 Å². The van der Waals surface area contributed by atoms with Crippen LogP contribution in [0.2, 0.25) is 0 Å². The summed E-state index contributed by atoms with van der Waals surface area (Å²) in [7, 11) is 0. The van der Waals surface area contributed by atoms with E-state index in [4.69, 9.17) is 4.74 Å². The van der Waals surface area contributed by atoms with E-state index in [0.717, 1.165) is 35.5 Å². The summed E-state index contributed by atoms with van der Waals surface area (Å²) in [4.78, 5) is 10.9. The number of hydrogen-bond acceptors (Lipinski definition) is 4. The van der Waals surface area contributed by atoms with Gasteiger partial charge < -0.3 is 4.74 Å². The summed E-state index contributed by atoms with van der Waals surface area (Å²) in [6.07, 6.45) is 2.66. The van der Waals surface area contributed by atoms with E-state index in [9.17, 15) is 4.79 Å². The van der Waals surface area contributed by atoms with Crippen molar-refractivity contribution < 1.29 is 4.74 Å². The van der Waals surface area contributed by atoms with Gasteiger partial charge in [0, 0.05) is 5.56 Å². The van der Waals surface area contributed by atoms with Crippen molar-refractivity contribution in [1.29, 1.82) is 0 Å². The fourth-order valence-electron chi connectivity index (χ4n) is 1.43. The highest BCUT2D eigenvalue weighted by Gasteiger charge is 2.23. The molecule has 1 aromatic carbocycles. The van der Waals surface area contributed by atoms with Gasteiger partial charge in [0.2, 0.25) is 0 Å². The van der Waals surface area contributed by atoms with Crippen LogP contribution in [0.3, 0.4) is 0 Å². The number of nitrogens with zero attached hydrogens (tertiary/aromatic N) is 1. The minimum absolute atomic E-state index is 0.136. The van der Waals surface area contributed by atoms with E-state index in [1.54, 1.807) is 0 Å². The van der Waals surface area contributed by atoms with E-state index in [1.165, 1.54) is 0 Å². The van der Waals surface area contributed by atoms with Crippen molar-refractivity contribution in [2.24, 2.45) is 0 Å². The van der Waals surface area contributed by atoms with Gasteiger partial charge in [-0.25, -0.2) is 5.10 Å². The van der Waals surface area contributed by atoms with Crippen LogP contribution in [0.15, 0.2) is 29.1 Å². The molecule has 1 aliphatic carbocycles. The lowest BCUT2D eigenvalue weighted by Gasteiger charge is -2.04. The van der Waals surface area contributed by atoms with Crippen molar-refractivity contribution >= 4 is 11.3 Å². The molecule has 1 fully saturated rings. The number of rotatable bonds is 3. The molecule has 2 aromatic rings. The maximum atomic E-state index is 11.0. The highest BCUT2D eigenvalue weighted by Crippen LogP contribution is 2.29. The highest BCUT2D eigenvalue weighted by atomic mass is 32.1. The second-order valence-electron chi connectivity index (χ2n) is 3.76. The number of benzene rings is 1. The fraction of sp³-hybridized carbons (Fsp3) is 0.273. The molecular formula is C11H10N2O2S. The third-order valence-corrected chi connectivity index (χ3v) is 3.14. The Morgan fingerprint density at radius 3 is 3.00 bits per heavy atom. The molecule has 0 radical (unpaired) electrons. The summed E-state index contributed by atoms with van der Waals surface area (Å²) in [6.45, 7) is 0. The van der Waals surface area contributed by atoms with E-state index in [-0.39, 0.29) is 4.87 Å². The molecule has 16 heavy (non-hydrogen) atoms. The minimum atomic E-state index is -0.136. The zero-order valence-electron chi connectivity index (χ0n) is 8.47. The van der Waals surface area contributed by atoms with E-state index in [0.29, 0.717) is 11.1 Å². The molecule has 0 spiro atoms. The van der Waals surface area contributed by atoms with Crippen LogP contribution in [-0.4, -0.2) is 16.3 Å². The SMILES string of the molecule is O=c1[nH]nc(-c2cccc(OC3CC3)c2)s1. The number of hydrogen-bond donors (Lipinski definition) is 1. The topological polar surface area (TPSA) is 55.0 Å². The average Bonchev–Trinajstić information content (AvgIpc) is 2.98. The molecule has 0 aliphatic heterocycles. The predicted molar refractivity (Wildman–Crippen MR) is 61.8 cm³/mol. The van der Waals surface area contributed by atoms with Gasteiger partial charge in [0.05, 0.1) is 6.10 Å². The van der Waals surface area contributed by atoms with Gasteiger partial charge in [0.25, 0.3) is 0 Å². The molecule has 1 aliphatic rings. The molecule has 3 rings (SSSR count). The molecule has 0 amide bonds. The molecule has 5 heteroatoms. The Morgan fingerprint density at radius 1 is 1.44 bits per heavy atom. The zero-order valence-corrected chi connectivity index (χ0v) is 9.29. The van der Waals surface area contributed by atoms with E-state index >= 15 is 0 Å². The first-order valence-electron chi connectivity index (χ1n) is 5.14. The normalized spacial score (nSPS) is 15.0. The van der Waals surface area contributed by atoms with E-state index in [2.05, 4.69) is 10.2 Å². The second kappa shape index (κ2) is 3.75. The summed E-state index contributed by atoms with van der Waals surface area (Å²) < 4.78 is 5.68. The first kappa shape index (κ1) is 9.59. The second-order valence-corrected chi connectivity index (χ2v) is 4.72. The molecule has 1 heterocycles. The molecule has 1 saturated carbocycles. The van der Waals surface area contributed by atoms with Crippen LogP contribution >= 0.6 is 11.3 Å². The minimum Gasteiger partial charge on any atom is -0.490 e. The molecular weight excluding hydrogens is 224 g/mol. The van der Waals surface area contributed by atoms with E-state index in [1.807, 2.05) is 24.3 Å². The van der Waals surface area contributed by atoms with Gasteiger partial charge in [-0.1, -0.05) is 23.5 Å². The fourth-order valence-corrected chi connectivity index (χ4v) is 2.04. The maximum absolute atomic E-state index is 11.0. The summed E-state index contributed by atoms with van der Waals surface area (Å²) in [5.74, 6) is 0.850. The van der Waals surface area contributed by atoms with Gasteiger partial charge in [-0.3, -0.25) is 4.79 Å². The maximum Gasteiger partial charge on any atom is 0.322 e. The summed E-state index contributed by atoms with van der Waals surface area (Å²) in [5, 5.41) is 7.06. The van der Waals surface area contributed by atoms with Crippen molar-refractivity contribution in [3.63, 3.8) is 0 Å². The van der Waals surface area contributed by atoms with Crippen molar-refractivity contribution in [2.75, 3.05) is 0 Å². The number of nitrogens with one attached hydrogen (secondary N) is 1. The summed E-state index contributed by atoms with van der Waals surface area (Å²) in [5.41, 5.74) is 0.918. The Bertz CT molecular complexity index is 557. The van der Waals surface area contributed by atoms with Crippen LogP contribution in [0.4, 0.5) is 0 Å². The lowest BCUT2D eigenvalue weighted by Crippen LogP contribution is -1.95. The smallest absolute Gasteiger partial charge is 0.322 e. The number of ether oxygens (including phenoxy) is 1. The van der Waals surface area contributed by atoms with Crippen molar-refractivity contribution in [3.8, 4) is 16.3 Å². The molecule has 0 unspecified atom stereocenters. The Hall–Kier alpha value is -1.62. The van der Waals surface area contributed by atoms with E-state index < -0.39 is 0 Å². The van der Waals surface area contributed by atoms with Crippen molar-refractivity contribution in [3.05, 3.63) is 33.9 Å². The lowest BCUT2D eigenvalue weighted by atomic mass is 10.2. The lowest BCUT2D eigenvalue weighted by molar-refractivity contribution is 0.303. The third kappa shape index (κ3) is 1.99. The van der Waals surface area contributed by atoms with Crippen LogP contribution in [0.25, 0.3) is 10.6 Å². The molecule has 0 saturated heterocycles. The molecule has 4 nitrogen and oxygen atoms in total. The van der Waals surface area contributed by atoms with Gasteiger partial charge in [-0.15, -0.1) is 0 Å². The predicted octanol–water partition coefficient (Wildman–Crippen LogP) is 2.04. The number of aromatic nitrogens is 2. The van der Waals surface area contributed by atoms with Gasteiger partial charge in [0.1, 0.15) is 10.8 Å². The largest absolute Gasteiger partial charge is 0.490 e. The standard InChI is InChI=1S/C11H10N2O2S/c14-11-13-12-10(16-11)7-2-1-3-9(6-7)15-8-4-5-8/h1-3,6,8H,4-5H2,(H,13,14). The van der Waals surface area contributed by atoms with Gasteiger partial charge in [-0.2, -0.15) is 5.10 Å². The monoisotopic (exact) mass is 234 g/mol. The van der Waals surface area contributed by atoms with Crippen molar-refractivity contribution in [2.45, 2.75) is 18.9 Å². The van der Waals surface area contributed by atoms with Gasteiger partial charge in [-0.05, 0) is 25.0 Å². The van der Waals surface area contributed by atoms with Crippen LogP contribution in [0.5, 0.6) is 5.75 Å². The van der Waals surface area contributed by atoms with Crippen LogP contribution in [0, 0.1) is 0 Å². The molecule has 1 N–H and O–H groups in total. The Kier molecular flexibility index (Phi) is 2.25. The first-order valence-corrected chi connectivity index (χ1v) is 5.95. The van der Waals surface area contributed by atoms with Crippen LogP contribution in [0.1, 0.15) is 12.8 Å². The van der Waals surface area contributed by atoms with Gasteiger partial charge in [0.15, 0.2) is 0 Å². The Morgan fingerprint density at radius 2 is 2.31 bits per heavy atom. The quantitative estimate of drug-likeness (QED) is 0.884. The third-order valence-electron chi connectivity index (χ3n) is 2.35. The number of H-pyrrole nitrogens is 1. The Balaban J connectivity index is 1.91. The first-order chi connectivity index (χ1) is 7.81. The van der Waals surface area contributed by atoms with Crippen LogP contribution < -0.4 is 9.61 Å². The summed E-state index contributed by atoms with van der Waals surface area (Å²) in [6, 6.07) is 7.69. The molecule has 82 valence electrons. The zero-order chi connectivity index (χ0) is 11.0. The van der Waals surface area contributed by atoms with Gasteiger partial charge >= 0.3 is 4.87 Å². The average molecular weight is 234 g/mol. The highest BCUT2D eigenvalue weighted by molar-refractivity contribution is 7.12. The van der Waals surface area contributed by atoms with Crippen LogP contribution in [-0.2, 0) is 0 Å². The van der Waals surface area contributed by atoms with Crippen molar-refractivity contribution in [1.82, 2.24) is 10.2 Å². The molecule has 0 bridgehead atoms. The number of aromatic amines is 1. The molecule has 1 aromatic heterocycles. The summed E-state index contributed by atoms with van der Waals surface area (Å²) >= 11 is 1.11.